The van der Waals surface area contributed by atoms with E-state index < -0.39 is 95.7 Å². The summed E-state index contributed by atoms with van der Waals surface area (Å²) in [6, 6.07) is 20.9. The summed E-state index contributed by atoms with van der Waals surface area (Å²) in [7, 11) is 0. The molecule has 0 spiro atoms. The zero-order chi connectivity index (χ0) is 46.5. The van der Waals surface area contributed by atoms with Gasteiger partial charge in [-0.25, -0.2) is 0 Å². The van der Waals surface area contributed by atoms with E-state index in [0.717, 1.165) is 11.2 Å². The fourth-order valence-electron chi connectivity index (χ4n) is 7.33. The van der Waals surface area contributed by atoms with Crippen LogP contribution in [0.3, 0.4) is 0 Å². The topological polar surface area (TPSA) is 14.8 Å². The van der Waals surface area contributed by atoms with E-state index in [1.807, 2.05) is 47.0 Å². The molecule has 0 amide bonds. The maximum Gasteiger partial charge on any atom is 0.0645 e. The molecule has 3 heterocycles. The minimum absolute atomic E-state index is 0.0472. The Hall–Kier alpha value is -6.84. The monoisotopic (exact) mass is 664 g/mol. The number of fused-ring (bicyclic) bond motifs is 9. The lowest BCUT2D eigenvalue weighted by Crippen LogP contribution is -1.96. The molecular weight excluding hydrogens is 619 g/mol. The van der Waals surface area contributed by atoms with E-state index >= 15 is 0 Å². The summed E-state index contributed by atoms with van der Waals surface area (Å²) < 4.78 is 143. The van der Waals surface area contributed by atoms with Gasteiger partial charge in [0.15, 0.2) is 0 Å². The van der Waals surface area contributed by atoms with Gasteiger partial charge in [-0.2, -0.15) is 0 Å². The van der Waals surface area contributed by atoms with Crippen molar-refractivity contribution >= 4 is 65.4 Å². The first-order valence-electron chi connectivity index (χ1n) is 23.8. The van der Waals surface area contributed by atoms with Crippen LogP contribution in [0.2, 0.25) is 0 Å². The van der Waals surface area contributed by atoms with E-state index in [0.29, 0.717) is 27.7 Å². The van der Waals surface area contributed by atoms with Crippen molar-refractivity contribution in [3.63, 3.8) is 0 Å². The summed E-state index contributed by atoms with van der Waals surface area (Å²) >= 11 is 0. The lowest BCUT2D eigenvalue weighted by molar-refractivity contribution is 1.17. The van der Waals surface area contributed by atoms with Crippen LogP contribution in [0.4, 0.5) is 0 Å². The van der Waals surface area contributed by atoms with Crippen LogP contribution < -0.4 is 0 Å². The minimum atomic E-state index is -0.645. The van der Waals surface area contributed by atoms with Crippen LogP contribution in [0.1, 0.15) is 20.6 Å². The Morgan fingerprint density at radius 3 is 1.51 bits per heavy atom. The van der Waals surface area contributed by atoms with Crippen molar-refractivity contribution in [1.29, 1.82) is 0 Å². The molecule has 0 bridgehead atoms. The second kappa shape index (κ2) is 10.8. The molecule has 3 aromatic heterocycles. The molecule has 3 heteroatoms. The lowest BCUT2D eigenvalue weighted by Gasteiger charge is -2.12. The summed E-state index contributed by atoms with van der Waals surface area (Å²) in [5.74, 6) is 0. The molecule has 11 aromatic rings. The molecule has 0 radical (unpaired) electrons. The van der Waals surface area contributed by atoms with Gasteiger partial charge >= 0.3 is 0 Å². The summed E-state index contributed by atoms with van der Waals surface area (Å²) in [4.78, 5) is 0. The van der Waals surface area contributed by atoms with Gasteiger partial charge in [0, 0.05) is 43.7 Å². The van der Waals surface area contributed by atoms with Gasteiger partial charge in [-0.05, 0) is 89.8 Å². The SMILES string of the molecule is [2H]c1ccc2c(c1)c1c(-n3c4c([2H])c([2H])c([2H])c([2H])c4c4c([2H])c(-c5c([2H])c([2H])c6c(c5[2H])c5c([2H])c([2H])c([2H])c([2H])c5n6-c5ccccc5)c([2H])c([2H])c43)cccc1n2-c1ccccc1. The van der Waals surface area contributed by atoms with Crippen molar-refractivity contribution in [2.45, 2.75) is 0 Å². The zero-order valence-corrected chi connectivity index (χ0v) is 26.6. The van der Waals surface area contributed by atoms with Gasteiger partial charge in [0.25, 0.3) is 0 Å². The molecule has 0 saturated carbocycles. The van der Waals surface area contributed by atoms with Gasteiger partial charge in [0.05, 0.1) is 59.3 Å². The van der Waals surface area contributed by atoms with Crippen molar-refractivity contribution in [2.24, 2.45) is 0 Å². The van der Waals surface area contributed by atoms with E-state index in [1.165, 1.54) is 9.13 Å². The van der Waals surface area contributed by atoms with E-state index in [9.17, 15) is 11.0 Å². The quantitative estimate of drug-likeness (QED) is 0.178. The fourth-order valence-corrected chi connectivity index (χ4v) is 7.33. The summed E-state index contributed by atoms with van der Waals surface area (Å²) in [6.45, 7) is 0. The van der Waals surface area contributed by atoms with Gasteiger partial charge < -0.3 is 13.7 Å². The van der Waals surface area contributed by atoms with E-state index in [-0.39, 0.29) is 49.7 Å². The molecule has 8 aromatic carbocycles. The van der Waals surface area contributed by atoms with Crippen molar-refractivity contribution in [3.05, 3.63) is 188 Å². The Morgan fingerprint density at radius 2 is 0.863 bits per heavy atom. The first kappa shape index (κ1) is 17.2. The molecular formula is C48H31N3. The third-order valence-corrected chi connectivity index (χ3v) is 9.45. The average molecular weight is 665 g/mol. The summed E-state index contributed by atoms with van der Waals surface area (Å²) in [6.07, 6.45) is 0. The zero-order valence-electron chi connectivity index (χ0n) is 41.6. The number of rotatable bonds is 4. The Morgan fingerprint density at radius 1 is 0.333 bits per heavy atom. The molecule has 0 N–H and O–H groups in total. The van der Waals surface area contributed by atoms with E-state index in [4.69, 9.17) is 9.60 Å². The Balaban J connectivity index is 1.33. The number of benzene rings is 8. The maximum absolute atomic E-state index is 9.96. The van der Waals surface area contributed by atoms with Crippen molar-refractivity contribution < 1.29 is 20.6 Å². The van der Waals surface area contributed by atoms with E-state index in [1.54, 1.807) is 54.6 Å². The molecule has 0 saturated heterocycles. The Bertz CT molecular complexity index is 3990. The molecule has 0 atom stereocenters. The maximum atomic E-state index is 9.96. The van der Waals surface area contributed by atoms with Crippen molar-refractivity contribution in [3.8, 4) is 28.2 Å². The number of hydrogen-bond acceptors (Lipinski definition) is 0. The Labute approximate surface area is 315 Å². The van der Waals surface area contributed by atoms with Crippen molar-refractivity contribution in [1.82, 2.24) is 13.7 Å². The first-order valence-corrected chi connectivity index (χ1v) is 16.3. The highest BCUT2D eigenvalue weighted by atomic mass is 15.0. The van der Waals surface area contributed by atoms with Gasteiger partial charge in [-0.15, -0.1) is 0 Å². The second-order valence-corrected chi connectivity index (χ2v) is 12.2. The van der Waals surface area contributed by atoms with Gasteiger partial charge in [-0.3, -0.25) is 0 Å². The van der Waals surface area contributed by atoms with Crippen LogP contribution in [-0.2, 0) is 0 Å². The molecule has 0 aliphatic carbocycles. The third kappa shape index (κ3) is 4.06. The van der Waals surface area contributed by atoms with Gasteiger partial charge in [-0.1, -0.05) is 109 Å². The predicted molar refractivity (Wildman–Crippen MR) is 215 cm³/mol. The molecule has 0 fully saturated rings. The van der Waals surface area contributed by atoms with Gasteiger partial charge in [0.1, 0.15) is 0 Å². The van der Waals surface area contributed by atoms with Crippen LogP contribution in [0.5, 0.6) is 0 Å². The molecule has 3 nitrogen and oxygen atoms in total. The minimum Gasteiger partial charge on any atom is -0.309 e. The normalized spacial score (nSPS) is 16.0. The molecule has 0 unspecified atom stereocenters. The summed E-state index contributed by atoms with van der Waals surface area (Å²) in [5, 5.41) is 0.604. The van der Waals surface area contributed by atoms with Crippen LogP contribution in [0.15, 0.2) is 188 Å². The smallest absolute Gasteiger partial charge is 0.0645 e. The molecule has 51 heavy (non-hydrogen) atoms. The Kier molecular flexibility index (Phi) is 3.65. The average Bonchev–Trinajstić information content (AvgIpc) is 3.99. The van der Waals surface area contributed by atoms with Crippen molar-refractivity contribution in [2.75, 3.05) is 0 Å². The van der Waals surface area contributed by atoms with Crippen LogP contribution in [-0.4, -0.2) is 13.7 Å². The predicted octanol–water partition coefficient (Wildman–Crippen LogP) is 12.6. The summed E-state index contributed by atoms with van der Waals surface area (Å²) in [5.41, 5.74) is 1.71. The third-order valence-electron chi connectivity index (χ3n) is 9.45. The number of para-hydroxylation sites is 5. The van der Waals surface area contributed by atoms with Crippen LogP contribution >= 0.6 is 0 Å². The van der Waals surface area contributed by atoms with E-state index in [2.05, 4.69) is 0 Å². The highest BCUT2D eigenvalue weighted by Crippen LogP contribution is 2.41. The van der Waals surface area contributed by atoms with Crippen LogP contribution in [0, 0.1) is 0 Å². The number of hydrogen-bond donors (Lipinski definition) is 0. The highest BCUT2D eigenvalue weighted by molar-refractivity contribution is 6.17. The number of aromatic nitrogens is 3. The molecule has 238 valence electrons. The van der Waals surface area contributed by atoms with Gasteiger partial charge in [0.2, 0.25) is 0 Å². The highest BCUT2D eigenvalue weighted by Gasteiger charge is 2.20. The van der Waals surface area contributed by atoms with Crippen LogP contribution in [0.25, 0.3) is 93.6 Å². The molecule has 0 aliphatic rings. The molecule has 11 rings (SSSR count). The fraction of sp³-hybridized carbons (Fsp3) is 0. The molecule has 0 aliphatic heterocycles. The second-order valence-electron chi connectivity index (χ2n) is 12.2. The lowest BCUT2D eigenvalue weighted by atomic mass is 10.0. The largest absolute Gasteiger partial charge is 0.309 e. The first-order chi connectivity index (χ1) is 31.6. The standard InChI is InChI=1S/C48H31N3/c1-3-14-34(15-4-1)49-41-21-10-7-18-36(41)39-30-32(26-28-44(39)49)33-27-29-45-40(31-33)37-19-8-11-22-42(37)51(45)47-25-13-24-46-48(47)38-20-9-12-23-43(38)50(46)35-16-5-2-6-17-35/h1-31H/i7D,8D,9D,10D,11D,18D,19D,21D,22D,26D,27D,28D,29D,30D,31D. The number of nitrogens with zero attached hydrogens (tertiary/aromatic N) is 3.